The number of esters is 1. The number of hydrazone groups is 1. The van der Waals surface area contributed by atoms with E-state index in [9.17, 15) is 9.59 Å². The third kappa shape index (κ3) is 4.19. The number of nitrogens with zero attached hydrogens (tertiary/aromatic N) is 2. The van der Waals surface area contributed by atoms with Gasteiger partial charge in [0.1, 0.15) is 5.60 Å². The summed E-state index contributed by atoms with van der Waals surface area (Å²) in [7, 11) is 0. The second-order valence-corrected chi connectivity index (χ2v) is 7.95. The Bertz CT molecular complexity index is 883. The summed E-state index contributed by atoms with van der Waals surface area (Å²) in [6.45, 7) is 5.84. The van der Waals surface area contributed by atoms with E-state index in [1.54, 1.807) is 30.5 Å². The molecule has 0 saturated heterocycles. The van der Waals surface area contributed by atoms with E-state index < -0.39 is 11.6 Å². The van der Waals surface area contributed by atoms with Gasteiger partial charge in [-0.05, 0) is 68.3 Å². The molecule has 1 aliphatic heterocycles. The third-order valence-electron chi connectivity index (χ3n) is 3.76. The minimum atomic E-state index is -0.560. The minimum Gasteiger partial charge on any atom is -0.456 e. The number of halogens is 1. The zero-order valence-electron chi connectivity index (χ0n) is 14.8. The first kappa shape index (κ1) is 18.3. The van der Waals surface area contributed by atoms with Crippen LogP contribution in [0.1, 0.15) is 52.6 Å². The van der Waals surface area contributed by atoms with Crippen LogP contribution < -0.4 is 0 Å². The normalized spacial score (nSPS) is 13.3. The number of hydrogen-bond donors (Lipinski definition) is 0. The van der Waals surface area contributed by atoms with Gasteiger partial charge in [0, 0.05) is 10.0 Å². The van der Waals surface area contributed by atoms with Crippen LogP contribution in [0, 0.1) is 0 Å². The molecule has 26 heavy (non-hydrogen) atoms. The van der Waals surface area contributed by atoms with Crippen molar-refractivity contribution in [3.8, 4) is 0 Å². The summed E-state index contributed by atoms with van der Waals surface area (Å²) in [6.07, 6.45) is 1.68. The molecule has 0 bridgehead atoms. The van der Waals surface area contributed by atoms with Crippen molar-refractivity contribution >= 4 is 34.0 Å². The molecule has 1 aliphatic rings. The van der Waals surface area contributed by atoms with Gasteiger partial charge in [-0.1, -0.05) is 22.0 Å². The van der Waals surface area contributed by atoms with Crippen molar-refractivity contribution in [3.05, 3.63) is 69.2 Å². The summed E-state index contributed by atoms with van der Waals surface area (Å²) in [4.78, 5) is 24.8. The van der Waals surface area contributed by atoms with E-state index in [-0.39, 0.29) is 5.91 Å². The number of carbonyl (C=O) groups is 2. The molecule has 1 amide bonds. The van der Waals surface area contributed by atoms with Crippen molar-refractivity contribution in [1.82, 2.24) is 5.01 Å². The highest BCUT2D eigenvalue weighted by atomic mass is 79.9. The summed E-state index contributed by atoms with van der Waals surface area (Å²) < 4.78 is 6.29. The summed E-state index contributed by atoms with van der Waals surface area (Å²) in [5, 5.41) is 5.65. The third-order valence-corrected chi connectivity index (χ3v) is 4.26. The second-order valence-electron chi connectivity index (χ2n) is 7.03. The van der Waals surface area contributed by atoms with Crippen molar-refractivity contribution in [3.63, 3.8) is 0 Å². The quantitative estimate of drug-likeness (QED) is 0.684. The SMILES string of the molecule is CC(C)(C)OC(=O)c1ccc(C(=O)N2Cc3cc(Br)ccc3C=N2)cc1. The van der Waals surface area contributed by atoms with Crippen LogP contribution in [0.3, 0.4) is 0 Å². The highest BCUT2D eigenvalue weighted by molar-refractivity contribution is 9.10. The van der Waals surface area contributed by atoms with Gasteiger partial charge in [-0.3, -0.25) is 4.79 Å². The standard InChI is InChI=1S/C20H19BrN2O3/c1-20(2,3)26-19(25)14-6-4-13(5-7-14)18(24)23-12-16-10-17(21)9-8-15(16)11-22-23/h4-11H,12H2,1-3H3. The molecule has 0 aromatic heterocycles. The van der Waals surface area contributed by atoms with Crippen LogP contribution in [0.4, 0.5) is 0 Å². The summed E-state index contributed by atoms with van der Waals surface area (Å²) >= 11 is 3.44. The average molecular weight is 415 g/mol. The molecule has 0 atom stereocenters. The highest BCUT2D eigenvalue weighted by Crippen LogP contribution is 2.22. The van der Waals surface area contributed by atoms with E-state index in [4.69, 9.17) is 4.74 Å². The summed E-state index contributed by atoms with van der Waals surface area (Å²) in [6, 6.07) is 12.3. The van der Waals surface area contributed by atoms with Crippen molar-refractivity contribution in [2.24, 2.45) is 5.10 Å². The first-order chi connectivity index (χ1) is 12.2. The Balaban J connectivity index is 1.74. The number of hydrogen-bond acceptors (Lipinski definition) is 4. The lowest BCUT2D eigenvalue weighted by Crippen LogP contribution is -2.28. The Hall–Kier alpha value is -2.47. The molecule has 0 N–H and O–H groups in total. The fourth-order valence-corrected chi connectivity index (χ4v) is 2.94. The number of carbonyl (C=O) groups excluding carboxylic acids is 2. The Morgan fingerprint density at radius 3 is 2.38 bits per heavy atom. The summed E-state index contributed by atoms with van der Waals surface area (Å²) in [5.74, 6) is -0.631. The molecule has 5 nitrogen and oxygen atoms in total. The number of amides is 1. The van der Waals surface area contributed by atoms with Gasteiger partial charge < -0.3 is 4.74 Å². The molecule has 0 radical (unpaired) electrons. The minimum absolute atomic E-state index is 0.220. The lowest BCUT2D eigenvalue weighted by Gasteiger charge is -2.22. The smallest absolute Gasteiger partial charge is 0.338 e. The number of fused-ring (bicyclic) bond motifs is 1. The van der Waals surface area contributed by atoms with Crippen LogP contribution in [0.5, 0.6) is 0 Å². The zero-order valence-corrected chi connectivity index (χ0v) is 16.4. The summed E-state index contributed by atoms with van der Waals surface area (Å²) in [5.41, 5.74) is 2.34. The van der Waals surface area contributed by atoms with Gasteiger partial charge in [-0.25, -0.2) is 9.80 Å². The maximum atomic E-state index is 12.7. The van der Waals surface area contributed by atoms with Crippen LogP contribution in [-0.4, -0.2) is 28.7 Å². The van der Waals surface area contributed by atoms with Gasteiger partial charge in [0.15, 0.2) is 0 Å². The van der Waals surface area contributed by atoms with Crippen LogP contribution in [0.15, 0.2) is 52.0 Å². The number of benzene rings is 2. The van der Waals surface area contributed by atoms with Gasteiger partial charge in [0.25, 0.3) is 5.91 Å². The zero-order chi connectivity index (χ0) is 18.9. The molecule has 2 aromatic rings. The first-order valence-electron chi connectivity index (χ1n) is 8.21. The van der Waals surface area contributed by atoms with E-state index in [2.05, 4.69) is 21.0 Å². The Labute approximate surface area is 160 Å². The van der Waals surface area contributed by atoms with Gasteiger partial charge in [0.2, 0.25) is 0 Å². The van der Waals surface area contributed by atoms with Crippen molar-refractivity contribution in [2.45, 2.75) is 32.9 Å². The maximum Gasteiger partial charge on any atom is 0.338 e. The van der Waals surface area contributed by atoms with Crippen molar-refractivity contribution in [2.75, 3.05) is 0 Å². The molecule has 2 aromatic carbocycles. The molecule has 0 fully saturated rings. The lowest BCUT2D eigenvalue weighted by molar-refractivity contribution is 0.00693. The van der Waals surface area contributed by atoms with Crippen molar-refractivity contribution in [1.29, 1.82) is 0 Å². The molecular weight excluding hydrogens is 396 g/mol. The molecule has 0 unspecified atom stereocenters. The largest absolute Gasteiger partial charge is 0.456 e. The van der Waals surface area contributed by atoms with Crippen LogP contribution in [-0.2, 0) is 11.3 Å². The Morgan fingerprint density at radius 1 is 1.08 bits per heavy atom. The fraction of sp³-hybridized carbons (Fsp3) is 0.250. The molecule has 3 rings (SSSR count). The second kappa shape index (κ2) is 7.03. The van der Waals surface area contributed by atoms with Crippen LogP contribution in [0.2, 0.25) is 0 Å². The molecule has 0 spiro atoms. The molecule has 1 heterocycles. The predicted molar refractivity (Wildman–Crippen MR) is 103 cm³/mol. The number of ether oxygens (including phenoxy) is 1. The van der Waals surface area contributed by atoms with Gasteiger partial charge in [-0.2, -0.15) is 5.10 Å². The topological polar surface area (TPSA) is 59.0 Å². The molecule has 134 valence electrons. The van der Waals surface area contributed by atoms with Gasteiger partial charge in [0.05, 0.1) is 18.3 Å². The number of rotatable bonds is 2. The molecular formula is C20H19BrN2O3. The molecule has 0 saturated carbocycles. The predicted octanol–water partition coefficient (Wildman–Crippen LogP) is 4.39. The van der Waals surface area contributed by atoms with E-state index in [1.807, 2.05) is 39.0 Å². The van der Waals surface area contributed by atoms with Gasteiger partial charge >= 0.3 is 5.97 Å². The fourth-order valence-electron chi connectivity index (χ4n) is 2.53. The van der Waals surface area contributed by atoms with E-state index in [1.165, 1.54) is 5.01 Å². The van der Waals surface area contributed by atoms with E-state index in [0.29, 0.717) is 17.7 Å². The van der Waals surface area contributed by atoms with Gasteiger partial charge in [-0.15, -0.1) is 0 Å². The monoisotopic (exact) mass is 414 g/mol. The lowest BCUT2D eigenvalue weighted by atomic mass is 10.1. The maximum absolute atomic E-state index is 12.7. The first-order valence-corrected chi connectivity index (χ1v) is 9.00. The van der Waals surface area contributed by atoms with Crippen LogP contribution in [0.25, 0.3) is 0 Å². The molecule has 6 heteroatoms. The Morgan fingerprint density at radius 2 is 1.73 bits per heavy atom. The van der Waals surface area contributed by atoms with E-state index >= 15 is 0 Å². The van der Waals surface area contributed by atoms with Crippen molar-refractivity contribution < 1.29 is 14.3 Å². The molecule has 0 aliphatic carbocycles. The Kier molecular flexibility index (Phi) is 4.96. The highest BCUT2D eigenvalue weighted by Gasteiger charge is 2.21. The van der Waals surface area contributed by atoms with E-state index in [0.717, 1.165) is 15.6 Å². The average Bonchev–Trinajstić information content (AvgIpc) is 2.59. The van der Waals surface area contributed by atoms with Crippen LogP contribution >= 0.6 is 15.9 Å².